The maximum absolute atomic E-state index is 12.8. The highest BCUT2D eigenvalue weighted by atomic mass is 32.2. The maximum atomic E-state index is 12.8. The van der Waals surface area contributed by atoms with Gasteiger partial charge in [-0.3, -0.25) is 4.18 Å². The second-order valence-electron chi connectivity index (χ2n) is 8.10. The van der Waals surface area contributed by atoms with Gasteiger partial charge in [0.15, 0.2) is 11.1 Å². The minimum absolute atomic E-state index is 0.0189. The molecule has 0 aromatic heterocycles. The topological polar surface area (TPSA) is 72.5 Å². The molecule has 0 bridgehead atoms. The minimum atomic E-state index is -3.67. The van der Waals surface area contributed by atoms with Crippen molar-refractivity contribution in [3.05, 3.63) is 29.8 Å². The van der Waals surface area contributed by atoms with E-state index in [1.807, 2.05) is 13.8 Å². The summed E-state index contributed by atoms with van der Waals surface area (Å²) in [5, 5.41) is 0. The molecule has 1 N–H and O–H groups in total. The molecule has 5 nitrogen and oxygen atoms in total. The summed E-state index contributed by atoms with van der Waals surface area (Å²) in [6.45, 7) is 8.06. The maximum Gasteiger partial charge on any atom is 0.241 e. The standard InChI is InChI=1S/C17H25NO4S2/c1-12-5-7-13(8-6-12)24(20,21)18-17(4)11-23(19)22-15-10-16(2,3)9-14(15)17/h5-8,14-15,18H,9-11H2,1-4H3/t14-,15-,17-,23?/m0/s1. The summed E-state index contributed by atoms with van der Waals surface area (Å²) in [6.07, 6.45) is 1.48. The number of aryl methyl sites for hydroxylation is 1. The fourth-order valence-corrected chi connectivity index (χ4v) is 6.81. The third kappa shape index (κ3) is 3.45. The van der Waals surface area contributed by atoms with E-state index in [1.54, 1.807) is 24.3 Å². The van der Waals surface area contributed by atoms with E-state index >= 15 is 0 Å². The normalized spacial score (nSPS) is 35.6. The van der Waals surface area contributed by atoms with E-state index in [4.69, 9.17) is 4.18 Å². The van der Waals surface area contributed by atoms with Crippen LogP contribution in [0.25, 0.3) is 0 Å². The van der Waals surface area contributed by atoms with Crippen LogP contribution < -0.4 is 4.72 Å². The van der Waals surface area contributed by atoms with Crippen molar-refractivity contribution in [2.45, 2.75) is 57.1 Å². The van der Waals surface area contributed by atoms with Gasteiger partial charge in [0.1, 0.15) is 0 Å². The van der Waals surface area contributed by atoms with Crippen LogP contribution in [0.2, 0.25) is 0 Å². The van der Waals surface area contributed by atoms with Gasteiger partial charge >= 0.3 is 0 Å². The third-order valence-electron chi connectivity index (χ3n) is 5.14. The van der Waals surface area contributed by atoms with Gasteiger partial charge < -0.3 is 0 Å². The molecule has 4 atom stereocenters. The van der Waals surface area contributed by atoms with Crippen molar-refractivity contribution < 1.29 is 16.8 Å². The lowest BCUT2D eigenvalue weighted by molar-refractivity contribution is 0.103. The number of benzene rings is 1. The summed E-state index contributed by atoms with van der Waals surface area (Å²) in [5.41, 5.74) is 0.288. The molecule has 1 aromatic carbocycles. The molecule has 2 fully saturated rings. The van der Waals surface area contributed by atoms with Gasteiger partial charge in [-0.15, -0.1) is 0 Å². The Labute approximate surface area is 146 Å². The summed E-state index contributed by atoms with van der Waals surface area (Å²) in [4.78, 5) is 0.236. The number of hydrogen-bond acceptors (Lipinski definition) is 4. The summed E-state index contributed by atoms with van der Waals surface area (Å²) >= 11 is -1.48. The van der Waals surface area contributed by atoms with Gasteiger partial charge in [0.2, 0.25) is 10.0 Å². The number of sulfonamides is 1. The fraction of sp³-hybridized carbons (Fsp3) is 0.647. The van der Waals surface area contributed by atoms with E-state index in [9.17, 15) is 12.6 Å². The smallest absolute Gasteiger partial charge is 0.241 e. The molecule has 0 spiro atoms. The molecular formula is C17H25NO4S2. The van der Waals surface area contributed by atoms with Crippen LogP contribution in [0.3, 0.4) is 0 Å². The number of rotatable bonds is 3. The zero-order chi connectivity index (χ0) is 17.8. The van der Waals surface area contributed by atoms with Crippen LogP contribution in [-0.4, -0.2) is 30.0 Å². The van der Waals surface area contributed by atoms with Crippen molar-refractivity contribution >= 4 is 21.1 Å². The second kappa shape index (κ2) is 5.90. The SMILES string of the molecule is Cc1ccc(S(=O)(=O)N[C@@]2(C)CS(=O)O[C@H]3CC(C)(C)C[C@@H]32)cc1. The number of hydrogen-bond donors (Lipinski definition) is 1. The van der Waals surface area contributed by atoms with Gasteiger partial charge in [-0.05, 0) is 44.2 Å². The molecule has 24 heavy (non-hydrogen) atoms. The summed E-state index contributed by atoms with van der Waals surface area (Å²) in [6, 6.07) is 6.77. The van der Waals surface area contributed by atoms with Crippen molar-refractivity contribution in [1.82, 2.24) is 4.72 Å². The van der Waals surface area contributed by atoms with Crippen molar-refractivity contribution in [3.8, 4) is 0 Å². The largest absolute Gasteiger partial charge is 0.287 e. The van der Waals surface area contributed by atoms with E-state index in [1.165, 1.54) is 0 Å². The van der Waals surface area contributed by atoms with Crippen molar-refractivity contribution in [3.63, 3.8) is 0 Å². The van der Waals surface area contributed by atoms with E-state index in [-0.39, 0.29) is 28.1 Å². The number of fused-ring (bicyclic) bond motifs is 1. The molecule has 0 radical (unpaired) electrons. The molecular weight excluding hydrogens is 346 g/mol. The number of nitrogens with one attached hydrogen (secondary N) is 1. The molecule has 1 aliphatic heterocycles. The molecule has 3 rings (SSSR count). The Kier molecular flexibility index (Phi) is 4.44. The lowest BCUT2D eigenvalue weighted by atomic mass is 9.82. The quantitative estimate of drug-likeness (QED) is 0.886. The van der Waals surface area contributed by atoms with Crippen LogP contribution in [0.1, 0.15) is 39.2 Å². The monoisotopic (exact) mass is 371 g/mol. The zero-order valence-corrected chi connectivity index (χ0v) is 16.2. The lowest BCUT2D eigenvalue weighted by Crippen LogP contribution is -2.60. The minimum Gasteiger partial charge on any atom is -0.287 e. The van der Waals surface area contributed by atoms with Crippen molar-refractivity contribution in [2.24, 2.45) is 11.3 Å². The van der Waals surface area contributed by atoms with E-state index in [0.717, 1.165) is 18.4 Å². The van der Waals surface area contributed by atoms with Gasteiger partial charge in [0.05, 0.1) is 16.8 Å². The van der Waals surface area contributed by atoms with Gasteiger partial charge in [-0.25, -0.2) is 17.3 Å². The molecule has 1 heterocycles. The van der Waals surface area contributed by atoms with Crippen LogP contribution in [-0.2, 0) is 25.3 Å². The highest BCUT2D eigenvalue weighted by molar-refractivity contribution is 7.89. The zero-order valence-electron chi connectivity index (χ0n) is 14.5. The van der Waals surface area contributed by atoms with Crippen LogP contribution >= 0.6 is 0 Å². The Bertz CT molecular complexity index is 757. The molecule has 1 saturated heterocycles. The van der Waals surface area contributed by atoms with E-state index < -0.39 is 26.6 Å². The van der Waals surface area contributed by atoms with Gasteiger partial charge in [0.25, 0.3) is 0 Å². The Morgan fingerprint density at radius 3 is 2.42 bits per heavy atom. The van der Waals surface area contributed by atoms with E-state index in [0.29, 0.717) is 0 Å². The highest BCUT2D eigenvalue weighted by Crippen LogP contribution is 2.49. The molecule has 0 amide bonds. The van der Waals surface area contributed by atoms with Crippen LogP contribution in [0.15, 0.2) is 29.2 Å². The molecule has 1 unspecified atom stereocenters. The first-order valence-electron chi connectivity index (χ1n) is 8.17. The molecule has 7 heteroatoms. The average Bonchev–Trinajstić information content (AvgIpc) is 2.73. The Hall–Kier alpha value is -0.760. The van der Waals surface area contributed by atoms with Crippen LogP contribution in [0, 0.1) is 18.3 Å². The van der Waals surface area contributed by atoms with E-state index in [2.05, 4.69) is 18.6 Å². The molecule has 2 aliphatic rings. The first kappa shape index (κ1) is 18.0. The predicted octanol–water partition coefficient (Wildman–Crippen LogP) is 2.53. The first-order chi connectivity index (χ1) is 11.0. The first-order valence-corrected chi connectivity index (χ1v) is 10.9. The lowest BCUT2D eigenvalue weighted by Gasteiger charge is -2.42. The molecule has 1 saturated carbocycles. The fourth-order valence-electron chi connectivity index (χ4n) is 3.95. The Morgan fingerprint density at radius 1 is 1.17 bits per heavy atom. The summed E-state index contributed by atoms with van der Waals surface area (Å²) < 4.78 is 46.3. The summed E-state index contributed by atoms with van der Waals surface area (Å²) in [7, 11) is -3.67. The van der Waals surface area contributed by atoms with Crippen LogP contribution in [0.4, 0.5) is 0 Å². The van der Waals surface area contributed by atoms with Crippen molar-refractivity contribution in [2.75, 3.05) is 5.75 Å². The highest BCUT2D eigenvalue weighted by Gasteiger charge is 2.54. The van der Waals surface area contributed by atoms with Gasteiger partial charge in [0, 0.05) is 11.5 Å². The van der Waals surface area contributed by atoms with Gasteiger partial charge in [-0.1, -0.05) is 31.5 Å². The van der Waals surface area contributed by atoms with Gasteiger partial charge in [-0.2, -0.15) is 0 Å². The Balaban J connectivity index is 1.91. The van der Waals surface area contributed by atoms with Crippen LogP contribution in [0.5, 0.6) is 0 Å². The predicted molar refractivity (Wildman–Crippen MR) is 94.3 cm³/mol. The molecule has 1 aromatic rings. The second-order valence-corrected chi connectivity index (χ2v) is 10.9. The van der Waals surface area contributed by atoms with Crippen molar-refractivity contribution in [1.29, 1.82) is 0 Å². The third-order valence-corrected chi connectivity index (χ3v) is 8.07. The Morgan fingerprint density at radius 2 is 1.79 bits per heavy atom. The molecule has 134 valence electrons. The average molecular weight is 372 g/mol. The summed E-state index contributed by atoms with van der Waals surface area (Å²) in [5.74, 6) is 0.195. The molecule has 1 aliphatic carbocycles.